The number of rotatable bonds is 6. The summed E-state index contributed by atoms with van der Waals surface area (Å²) in [5.41, 5.74) is 0.346. The number of carbonyl (C=O) groups excluding carboxylic acids is 1. The van der Waals surface area contributed by atoms with Crippen LogP contribution in [0.5, 0.6) is 11.5 Å². The van der Waals surface area contributed by atoms with Crippen molar-refractivity contribution in [2.75, 3.05) is 26.1 Å². The van der Waals surface area contributed by atoms with Gasteiger partial charge in [-0.25, -0.2) is 8.42 Å². The highest BCUT2D eigenvalue weighted by molar-refractivity contribution is 7.89. The van der Waals surface area contributed by atoms with E-state index in [9.17, 15) is 13.2 Å². The lowest BCUT2D eigenvalue weighted by Crippen LogP contribution is -2.43. The second-order valence-electron chi connectivity index (χ2n) is 7.46. The maximum atomic E-state index is 13.4. The van der Waals surface area contributed by atoms with E-state index in [2.05, 4.69) is 5.32 Å². The molecular weight excluding hydrogens is 452 g/mol. The highest BCUT2D eigenvalue weighted by Crippen LogP contribution is 2.37. The third-order valence-corrected chi connectivity index (χ3v) is 7.77. The Labute approximate surface area is 191 Å². The number of methoxy groups -OCH3 is 2. The van der Waals surface area contributed by atoms with Crippen LogP contribution in [0, 0.1) is 0 Å². The molecule has 0 saturated carbocycles. The van der Waals surface area contributed by atoms with Crippen LogP contribution in [0.2, 0.25) is 5.02 Å². The number of fused-ring (bicyclic) bond motifs is 1. The SMILES string of the molecule is COc1cc(OC)c(NC(=O)[C@@H]2CCCN2S(=O)(=O)c2ccc3ccccc3c2)cc1Cl. The molecule has 0 radical (unpaired) electrons. The van der Waals surface area contributed by atoms with Gasteiger partial charge in [-0.05, 0) is 41.8 Å². The normalized spacial score (nSPS) is 16.8. The van der Waals surface area contributed by atoms with Crippen molar-refractivity contribution in [1.82, 2.24) is 4.31 Å². The van der Waals surface area contributed by atoms with E-state index in [1.54, 1.807) is 24.3 Å². The van der Waals surface area contributed by atoms with Crippen molar-refractivity contribution in [2.45, 2.75) is 23.8 Å². The molecule has 1 amide bonds. The summed E-state index contributed by atoms with van der Waals surface area (Å²) in [6.07, 6.45) is 1.01. The molecular formula is C23H23ClN2O5S. The number of anilines is 1. The highest BCUT2D eigenvalue weighted by atomic mass is 35.5. The topological polar surface area (TPSA) is 84.9 Å². The first kappa shape index (κ1) is 22.4. The molecule has 7 nitrogen and oxygen atoms in total. The molecule has 32 heavy (non-hydrogen) atoms. The maximum Gasteiger partial charge on any atom is 0.243 e. The first-order valence-electron chi connectivity index (χ1n) is 10.1. The van der Waals surface area contributed by atoms with Gasteiger partial charge >= 0.3 is 0 Å². The van der Waals surface area contributed by atoms with Gasteiger partial charge in [0.15, 0.2) is 0 Å². The molecule has 0 aromatic heterocycles. The number of carbonyl (C=O) groups is 1. The lowest BCUT2D eigenvalue weighted by molar-refractivity contribution is -0.119. The molecule has 9 heteroatoms. The molecule has 1 fully saturated rings. The molecule has 168 valence electrons. The first-order chi connectivity index (χ1) is 15.3. The second kappa shape index (κ2) is 8.97. The Morgan fingerprint density at radius 3 is 2.47 bits per heavy atom. The molecule has 0 aliphatic carbocycles. The van der Waals surface area contributed by atoms with Crippen LogP contribution in [0.3, 0.4) is 0 Å². The van der Waals surface area contributed by atoms with E-state index in [-0.39, 0.29) is 11.4 Å². The molecule has 3 aromatic rings. The smallest absolute Gasteiger partial charge is 0.243 e. The summed E-state index contributed by atoms with van der Waals surface area (Å²) in [6.45, 7) is 0.272. The number of nitrogens with zero attached hydrogens (tertiary/aromatic N) is 1. The molecule has 0 unspecified atom stereocenters. The fraction of sp³-hybridized carbons (Fsp3) is 0.261. The molecule has 1 saturated heterocycles. The van der Waals surface area contributed by atoms with Gasteiger partial charge in [-0.1, -0.05) is 41.9 Å². The number of sulfonamides is 1. The van der Waals surface area contributed by atoms with E-state index in [0.29, 0.717) is 35.1 Å². The fourth-order valence-electron chi connectivity index (χ4n) is 3.93. The molecule has 1 aliphatic heterocycles. The van der Waals surface area contributed by atoms with Crippen LogP contribution < -0.4 is 14.8 Å². The summed E-state index contributed by atoms with van der Waals surface area (Å²) < 4.78 is 38.5. The van der Waals surface area contributed by atoms with Crippen LogP contribution >= 0.6 is 11.6 Å². The van der Waals surface area contributed by atoms with Gasteiger partial charge in [-0.15, -0.1) is 0 Å². The number of benzene rings is 3. The lowest BCUT2D eigenvalue weighted by atomic mass is 10.1. The Bertz CT molecular complexity index is 1280. The van der Waals surface area contributed by atoms with Crippen LogP contribution in [0.25, 0.3) is 10.8 Å². The summed E-state index contributed by atoms with van der Waals surface area (Å²) in [4.78, 5) is 13.3. The van der Waals surface area contributed by atoms with Crippen molar-refractivity contribution < 1.29 is 22.7 Å². The van der Waals surface area contributed by atoms with E-state index < -0.39 is 22.0 Å². The molecule has 1 N–H and O–H groups in total. The van der Waals surface area contributed by atoms with E-state index >= 15 is 0 Å². The van der Waals surface area contributed by atoms with E-state index in [1.165, 1.54) is 24.6 Å². The third kappa shape index (κ3) is 4.13. The Balaban J connectivity index is 1.61. The first-order valence-corrected chi connectivity index (χ1v) is 11.9. The second-order valence-corrected chi connectivity index (χ2v) is 9.76. The average molecular weight is 475 g/mol. The minimum atomic E-state index is -3.86. The van der Waals surface area contributed by atoms with E-state index in [4.69, 9.17) is 21.1 Å². The zero-order valence-electron chi connectivity index (χ0n) is 17.7. The van der Waals surface area contributed by atoms with Gasteiger partial charge in [0, 0.05) is 12.6 Å². The molecule has 1 aliphatic rings. The average Bonchev–Trinajstić information content (AvgIpc) is 3.30. The predicted octanol–water partition coefficient (Wildman–Crippen LogP) is 4.30. The van der Waals surface area contributed by atoms with Crippen molar-refractivity contribution >= 4 is 44.0 Å². The van der Waals surface area contributed by atoms with Crippen LogP contribution in [-0.4, -0.2) is 45.4 Å². The van der Waals surface area contributed by atoms with Crippen LogP contribution in [0.1, 0.15) is 12.8 Å². The number of amides is 1. The van der Waals surface area contributed by atoms with Crippen molar-refractivity contribution in [1.29, 1.82) is 0 Å². The summed E-state index contributed by atoms with van der Waals surface area (Å²) in [5, 5.41) is 4.85. The summed E-state index contributed by atoms with van der Waals surface area (Å²) in [6, 6.07) is 14.8. The molecule has 3 aromatic carbocycles. The Hall–Kier alpha value is -2.81. The quantitative estimate of drug-likeness (QED) is 0.575. The molecule has 0 bridgehead atoms. The van der Waals surface area contributed by atoms with Crippen molar-refractivity contribution in [3.8, 4) is 11.5 Å². The highest BCUT2D eigenvalue weighted by Gasteiger charge is 2.39. The Morgan fingerprint density at radius 2 is 1.75 bits per heavy atom. The predicted molar refractivity (Wildman–Crippen MR) is 124 cm³/mol. The number of nitrogens with one attached hydrogen (secondary N) is 1. The van der Waals surface area contributed by atoms with Gasteiger partial charge in [0.25, 0.3) is 0 Å². The van der Waals surface area contributed by atoms with E-state index in [0.717, 1.165) is 10.8 Å². The zero-order valence-corrected chi connectivity index (χ0v) is 19.2. The van der Waals surface area contributed by atoms with Gasteiger partial charge in [0.2, 0.25) is 15.9 Å². The van der Waals surface area contributed by atoms with Gasteiger partial charge in [-0.2, -0.15) is 4.31 Å². The Kier molecular flexibility index (Phi) is 6.28. The molecule has 1 heterocycles. The number of ether oxygens (including phenoxy) is 2. The van der Waals surface area contributed by atoms with Gasteiger partial charge in [-0.3, -0.25) is 4.79 Å². The van der Waals surface area contributed by atoms with Crippen molar-refractivity contribution in [2.24, 2.45) is 0 Å². The molecule has 1 atom stereocenters. The minimum Gasteiger partial charge on any atom is -0.495 e. The maximum absolute atomic E-state index is 13.4. The number of hydrogen-bond acceptors (Lipinski definition) is 5. The van der Waals surface area contributed by atoms with Crippen molar-refractivity contribution in [3.63, 3.8) is 0 Å². The third-order valence-electron chi connectivity index (χ3n) is 5.57. The zero-order chi connectivity index (χ0) is 22.9. The molecule has 4 rings (SSSR count). The fourth-order valence-corrected chi connectivity index (χ4v) is 5.86. The Morgan fingerprint density at radius 1 is 1.03 bits per heavy atom. The van der Waals surface area contributed by atoms with Crippen LogP contribution in [-0.2, 0) is 14.8 Å². The summed E-state index contributed by atoms with van der Waals surface area (Å²) >= 11 is 6.19. The largest absolute Gasteiger partial charge is 0.495 e. The molecule has 0 spiro atoms. The lowest BCUT2D eigenvalue weighted by Gasteiger charge is -2.24. The van der Waals surface area contributed by atoms with Crippen LogP contribution in [0.4, 0.5) is 5.69 Å². The van der Waals surface area contributed by atoms with Crippen molar-refractivity contribution in [3.05, 3.63) is 59.6 Å². The van der Waals surface area contributed by atoms with Gasteiger partial charge in [0.1, 0.15) is 17.5 Å². The summed E-state index contributed by atoms with van der Waals surface area (Å²) in [7, 11) is -0.914. The van der Waals surface area contributed by atoms with Gasteiger partial charge in [0.05, 0.1) is 29.8 Å². The van der Waals surface area contributed by atoms with Crippen LogP contribution in [0.15, 0.2) is 59.5 Å². The van der Waals surface area contributed by atoms with Gasteiger partial charge < -0.3 is 14.8 Å². The monoisotopic (exact) mass is 474 g/mol. The minimum absolute atomic E-state index is 0.168. The van der Waals surface area contributed by atoms with E-state index in [1.807, 2.05) is 24.3 Å². The number of halogens is 1. The standard InChI is InChI=1S/C23H23ClN2O5S/c1-30-21-14-22(31-2)19(13-18(21)24)25-23(27)20-8-5-11-26(20)32(28,29)17-10-9-15-6-3-4-7-16(15)12-17/h3-4,6-7,9-10,12-14,20H,5,8,11H2,1-2H3,(H,25,27)/t20-/m0/s1. The number of hydrogen-bond donors (Lipinski definition) is 1. The summed E-state index contributed by atoms with van der Waals surface area (Å²) in [5.74, 6) is 0.329.